The second-order valence-electron chi connectivity index (χ2n) is 10.8. The molecular formula is C42H36O4+2. The van der Waals surface area contributed by atoms with Crippen LogP contribution in [-0.4, -0.2) is 28.4 Å². The van der Waals surface area contributed by atoms with Crippen molar-refractivity contribution < 1.29 is 18.9 Å². The zero-order chi connectivity index (χ0) is 31.9. The van der Waals surface area contributed by atoms with Gasteiger partial charge in [-0.3, -0.25) is 0 Å². The highest BCUT2D eigenvalue weighted by Gasteiger charge is 2.31. The predicted octanol–water partition coefficient (Wildman–Crippen LogP) is 9.43. The summed E-state index contributed by atoms with van der Waals surface area (Å²) >= 11 is 0. The minimum atomic E-state index is 0.815. The molecule has 0 aliphatic rings. The molecule has 6 aromatic carbocycles. The van der Waals surface area contributed by atoms with Gasteiger partial charge in [0.05, 0.1) is 84.8 Å². The van der Waals surface area contributed by atoms with Crippen molar-refractivity contribution in [1.29, 1.82) is 0 Å². The monoisotopic (exact) mass is 604 g/mol. The van der Waals surface area contributed by atoms with Gasteiger partial charge in [0.1, 0.15) is 23.0 Å². The normalized spacial score (nSPS) is 10.6. The number of benzene rings is 6. The smallest absolute Gasteiger partial charge is 0.129 e. The molecule has 46 heavy (non-hydrogen) atoms. The average molecular weight is 605 g/mol. The van der Waals surface area contributed by atoms with Gasteiger partial charge < -0.3 is 18.9 Å². The lowest BCUT2D eigenvalue weighted by Gasteiger charge is -2.20. The Morgan fingerprint density at radius 2 is 0.543 bits per heavy atom. The van der Waals surface area contributed by atoms with E-state index in [1.54, 1.807) is 28.4 Å². The third-order valence-electron chi connectivity index (χ3n) is 8.20. The molecule has 0 amide bonds. The summed E-state index contributed by atoms with van der Waals surface area (Å²) < 4.78 is 22.0. The standard InChI is InChI=1S/C42H36O4/c1-43-33-21-13-29(14-22-33)41(30-15-23-34(44-2)24-16-30)39-11-7-5-9-37(39)38-10-6-8-12-40(38)42(31-17-25-35(45-3)26-18-31)32-19-27-36(46-4)28-20-32/h5-28H,1-4H3/q+2. The van der Waals surface area contributed by atoms with Crippen LogP contribution in [0.2, 0.25) is 0 Å². The average Bonchev–Trinajstić information content (AvgIpc) is 3.13. The number of hydrogen-bond donors (Lipinski definition) is 0. The summed E-state index contributed by atoms with van der Waals surface area (Å²) in [5, 5.41) is 0. The molecule has 6 rings (SSSR count). The molecular weight excluding hydrogens is 568 g/mol. The van der Waals surface area contributed by atoms with Gasteiger partial charge in [-0.1, -0.05) is 0 Å². The predicted molar refractivity (Wildman–Crippen MR) is 185 cm³/mol. The van der Waals surface area contributed by atoms with Crippen molar-refractivity contribution in [2.45, 2.75) is 0 Å². The van der Waals surface area contributed by atoms with E-state index in [-0.39, 0.29) is 0 Å². The highest BCUT2D eigenvalue weighted by molar-refractivity contribution is 5.81. The third kappa shape index (κ3) is 6.24. The zero-order valence-corrected chi connectivity index (χ0v) is 26.5. The molecule has 0 spiro atoms. The van der Waals surface area contributed by atoms with Crippen LogP contribution in [0.5, 0.6) is 23.0 Å². The lowest BCUT2D eigenvalue weighted by Crippen LogP contribution is -2.09. The first-order valence-electron chi connectivity index (χ1n) is 15.1. The van der Waals surface area contributed by atoms with Crippen LogP contribution in [0.4, 0.5) is 0 Å². The van der Waals surface area contributed by atoms with Crippen LogP contribution >= 0.6 is 0 Å². The quantitative estimate of drug-likeness (QED) is 0.109. The molecule has 0 saturated carbocycles. The van der Waals surface area contributed by atoms with Crippen molar-refractivity contribution in [1.82, 2.24) is 0 Å². The summed E-state index contributed by atoms with van der Waals surface area (Å²) in [5.74, 6) is 5.49. The fourth-order valence-electron chi connectivity index (χ4n) is 5.86. The Hall–Kier alpha value is -5.74. The highest BCUT2D eigenvalue weighted by Crippen LogP contribution is 2.43. The Kier molecular flexibility index (Phi) is 9.17. The fraction of sp³-hybridized carbons (Fsp3) is 0.0952. The van der Waals surface area contributed by atoms with Crippen molar-refractivity contribution in [3.05, 3.63) is 191 Å². The molecule has 0 heterocycles. The third-order valence-corrected chi connectivity index (χ3v) is 8.20. The fourth-order valence-corrected chi connectivity index (χ4v) is 5.86. The molecule has 0 radical (unpaired) electrons. The topological polar surface area (TPSA) is 36.9 Å². The molecule has 0 saturated heterocycles. The van der Waals surface area contributed by atoms with Gasteiger partial charge in [0.15, 0.2) is 0 Å². The minimum absolute atomic E-state index is 0.815. The first kappa shape index (κ1) is 30.3. The van der Waals surface area contributed by atoms with Crippen LogP contribution in [0, 0.1) is 11.8 Å². The lowest BCUT2D eigenvalue weighted by molar-refractivity contribution is 0.414. The van der Waals surface area contributed by atoms with Gasteiger partial charge in [-0.15, -0.1) is 0 Å². The van der Waals surface area contributed by atoms with E-state index < -0.39 is 0 Å². The molecule has 0 N–H and O–H groups in total. The molecule has 0 aliphatic heterocycles. The number of rotatable bonds is 11. The van der Waals surface area contributed by atoms with Crippen molar-refractivity contribution >= 4 is 0 Å². The van der Waals surface area contributed by atoms with E-state index in [0.717, 1.165) is 79.3 Å². The van der Waals surface area contributed by atoms with E-state index in [0.29, 0.717) is 0 Å². The first-order valence-corrected chi connectivity index (χ1v) is 15.1. The van der Waals surface area contributed by atoms with Crippen molar-refractivity contribution in [3.63, 3.8) is 0 Å². The Bertz CT molecular complexity index is 1620. The second-order valence-corrected chi connectivity index (χ2v) is 10.8. The van der Waals surface area contributed by atoms with Crippen LogP contribution in [-0.2, 0) is 0 Å². The molecule has 4 heteroatoms. The second kappa shape index (κ2) is 13.9. The van der Waals surface area contributed by atoms with Crippen LogP contribution in [0.1, 0.15) is 33.4 Å². The van der Waals surface area contributed by atoms with Gasteiger partial charge >= 0.3 is 0 Å². The van der Waals surface area contributed by atoms with Gasteiger partial charge in [0.25, 0.3) is 0 Å². The van der Waals surface area contributed by atoms with Crippen LogP contribution in [0.25, 0.3) is 11.1 Å². The summed E-state index contributed by atoms with van der Waals surface area (Å²) in [5.41, 5.74) is 8.84. The Balaban J connectivity index is 1.55. The molecule has 0 unspecified atom stereocenters. The SMILES string of the molecule is COc1ccc([C+](c2ccc(OC)cc2)c2ccccc2-c2ccccc2[C+](c2ccc(OC)cc2)c2ccc(OC)cc2)cc1. The molecule has 0 aromatic heterocycles. The van der Waals surface area contributed by atoms with Gasteiger partial charge in [-0.25, -0.2) is 0 Å². The molecule has 4 nitrogen and oxygen atoms in total. The first-order chi connectivity index (χ1) is 22.6. The minimum Gasteiger partial charge on any atom is -0.496 e. The van der Waals surface area contributed by atoms with Crippen LogP contribution in [0.15, 0.2) is 146 Å². The summed E-state index contributed by atoms with van der Waals surface area (Å²) in [6.07, 6.45) is 0. The summed E-state index contributed by atoms with van der Waals surface area (Å²) in [7, 11) is 6.76. The molecule has 0 atom stereocenters. The molecule has 6 aromatic rings. The highest BCUT2D eigenvalue weighted by atomic mass is 16.5. The Morgan fingerprint density at radius 3 is 0.783 bits per heavy atom. The van der Waals surface area contributed by atoms with Gasteiger partial charge in [0.2, 0.25) is 0 Å². The van der Waals surface area contributed by atoms with Gasteiger partial charge in [-0.05, 0) is 97.1 Å². The largest absolute Gasteiger partial charge is 0.496 e. The van der Waals surface area contributed by atoms with Crippen LogP contribution < -0.4 is 18.9 Å². The van der Waals surface area contributed by atoms with E-state index in [1.807, 2.05) is 48.5 Å². The van der Waals surface area contributed by atoms with Crippen LogP contribution in [0.3, 0.4) is 0 Å². The van der Waals surface area contributed by atoms with E-state index in [2.05, 4.69) is 97.1 Å². The van der Waals surface area contributed by atoms with E-state index in [4.69, 9.17) is 18.9 Å². The van der Waals surface area contributed by atoms with Gasteiger partial charge in [0, 0.05) is 48.5 Å². The molecule has 0 aliphatic carbocycles. The summed E-state index contributed by atoms with van der Waals surface area (Å²) in [6, 6.07) is 50.3. The zero-order valence-electron chi connectivity index (χ0n) is 26.5. The van der Waals surface area contributed by atoms with Crippen molar-refractivity contribution in [2.24, 2.45) is 0 Å². The Labute approximate surface area is 271 Å². The van der Waals surface area contributed by atoms with Gasteiger partial charge in [-0.2, -0.15) is 0 Å². The summed E-state index contributed by atoms with van der Waals surface area (Å²) in [4.78, 5) is 0. The van der Waals surface area contributed by atoms with Crippen molar-refractivity contribution in [2.75, 3.05) is 28.4 Å². The van der Waals surface area contributed by atoms with E-state index in [9.17, 15) is 0 Å². The lowest BCUT2D eigenvalue weighted by atomic mass is 9.77. The maximum absolute atomic E-state index is 5.49. The number of hydrogen-bond acceptors (Lipinski definition) is 4. The van der Waals surface area contributed by atoms with E-state index in [1.165, 1.54) is 0 Å². The maximum atomic E-state index is 5.49. The molecule has 226 valence electrons. The summed E-state index contributed by atoms with van der Waals surface area (Å²) in [6.45, 7) is 0. The van der Waals surface area contributed by atoms with E-state index >= 15 is 0 Å². The Morgan fingerprint density at radius 1 is 0.304 bits per heavy atom. The number of methoxy groups -OCH3 is 4. The molecule has 0 fully saturated rings. The number of ether oxygens (including phenoxy) is 4. The van der Waals surface area contributed by atoms with Crippen molar-refractivity contribution in [3.8, 4) is 34.1 Å². The molecule has 0 bridgehead atoms. The maximum Gasteiger partial charge on any atom is 0.129 e.